The molecule has 2 aromatic heterocycles. The van der Waals surface area contributed by atoms with Crippen LogP contribution in [0.1, 0.15) is 35.3 Å². The number of aromatic nitrogens is 3. The smallest absolute Gasteiger partial charge is 0.221 e. The van der Waals surface area contributed by atoms with E-state index in [0.29, 0.717) is 16.6 Å². The highest BCUT2D eigenvalue weighted by Gasteiger charge is 2.22. The molecule has 0 aliphatic heterocycles. The molecular weight excluding hydrogens is 362 g/mol. The van der Waals surface area contributed by atoms with Gasteiger partial charge in [0.25, 0.3) is 0 Å². The molecule has 1 aliphatic carbocycles. The van der Waals surface area contributed by atoms with E-state index < -0.39 is 0 Å². The number of nitrogens with zero attached hydrogens (tertiary/aromatic N) is 3. The average Bonchev–Trinajstić information content (AvgIpc) is 2.67. The molecular formula is C21H18ClN3O2. The normalized spacial score (nSPS) is 13.8. The molecule has 136 valence electrons. The Morgan fingerprint density at radius 2 is 1.93 bits per heavy atom. The van der Waals surface area contributed by atoms with Gasteiger partial charge < -0.3 is 4.74 Å². The fourth-order valence-electron chi connectivity index (χ4n) is 2.89. The van der Waals surface area contributed by atoms with Crippen LogP contribution in [0, 0.1) is 0 Å². The van der Waals surface area contributed by atoms with Crippen LogP contribution in [0.2, 0.25) is 5.02 Å². The Labute approximate surface area is 162 Å². The van der Waals surface area contributed by atoms with E-state index in [-0.39, 0.29) is 18.3 Å². The minimum Gasteiger partial charge on any atom is -0.474 e. The van der Waals surface area contributed by atoms with Crippen molar-refractivity contribution >= 4 is 17.4 Å². The predicted molar refractivity (Wildman–Crippen MR) is 103 cm³/mol. The first-order valence-electron chi connectivity index (χ1n) is 8.90. The largest absolute Gasteiger partial charge is 0.474 e. The Kier molecular flexibility index (Phi) is 5.12. The first kappa shape index (κ1) is 17.6. The topological polar surface area (TPSA) is 65.0 Å². The van der Waals surface area contributed by atoms with E-state index in [4.69, 9.17) is 16.3 Å². The Bertz CT molecular complexity index is 941. The number of carbonyl (C=O) groups excluding carboxylic acids is 1. The van der Waals surface area contributed by atoms with E-state index in [0.717, 1.165) is 29.5 Å². The third kappa shape index (κ3) is 4.14. The molecule has 1 aliphatic rings. The fourth-order valence-corrected chi connectivity index (χ4v) is 3.01. The van der Waals surface area contributed by atoms with Gasteiger partial charge in [-0.3, -0.25) is 9.78 Å². The lowest BCUT2D eigenvalue weighted by Gasteiger charge is -2.27. The van der Waals surface area contributed by atoms with Crippen molar-refractivity contribution in [1.29, 1.82) is 0 Å². The van der Waals surface area contributed by atoms with Gasteiger partial charge in [-0.1, -0.05) is 23.7 Å². The molecule has 1 aromatic carbocycles. The monoisotopic (exact) mass is 379 g/mol. The van der Waals surface area contributed by atoms with Crippen molar-refractivity contribution in [3.63, 3.8) is 0 Å². The van der Waals surface area contributed by atoms with Crippen LogP contribution in [0.25, 0.3) is 11.1 Å². The summed E-state index contributed by atoms with van der Waals surface area (Å²) in [5.74, 6) is 0.498. The number of hydrogen-bond acceptors (Lipinski definition) is 5. The van der Waals surface area contributed by atoms with Crippen molar-refractivity contribution in [2.75, 3.05) is 0 Å². The molecule has 3 aromatic rings. The van der Waals surface area contributed by atoms with Gasteiger partial charge in [0.2, 0.25) is 5.88 Å². The van der Waals surface area contributed by atoms with Gasteiger partial charge >= 0.3 is 0 Å². The number of pyridine rings is 1. The standard InChI is InChI=1S/C21H18ClN3O2/c22-16-6-4-15(5-7-16)18-10-14(11-20(26)19-13-23-8-9-24-19)12-25-21(18)27-17-2-1-3-17/h4-10,12-13,17H,1-3,11H2. The van der Waals surface area contributed by atoms with Gasteiger partial charge in [-0.05, 0) is 48.6 Å². The molecule has 0 atom stereocenters. The minimum atomic E-state index is -0.0976. The van der Waals surface area contributed by atoms with Crippen LogP contribution in [0.15, 0.2) is 55.1 Å². The third-order valence-electron chi connectivity index (χ3n) is 4.61. The van der Waals surface area contributed by atoms with E-state index in [1.165, 1.54) is 18.8 Å². The van der Waals surface area contributed by atoms with Crippen LogP contribution in [0.5, 0.6) is 5.88 Å². The molecule has 0 saturated heterocycles. The summed E-state index contributed by atoms with van der Waals surface area (Å²) in [4.78, 5) is 25.0. The van der Waals surface area contributed by atoms with Gasteiger partial charge in [-0.25, -0.2) is 9.97 Å². The number of benzene rings is 1. The van der Waals surface area contributed by atoms with Crippen LogP contribution in [-0.2, 0) is 6.42 Å². The van der Waals surface area contributed by atoms with Crippen LogP contribution in [0.4, 0.5) is 0 Å². The Balaban J connectivity index is 1.64. The lowest BCUT2D eigenvalue weighted by Crippen LogP contribution is -2.25. The number of hydrogen-bond donors (Lipinski definition) is 0. The van der Waals surface area contributed by atoms with Gasteiger partial charge in [-0.2, -0.15) is 0 Å². The summed E-state index contributed by atoms with van der Waals surface area (Å²) < 4.78 is 6.06. The number of ketones is 1. The van der Waals surface area contributed by atoms with Crippen molar-refractivity contribution < 1.29 is 9.53 Å². The molecule has 0 N–H and O–H groups in total. The zero-order chi connectivity index (χ0) is 18.6. The van der Waals surface area contributed by atoms with E-state index >= 15 is 0 Å². The lowest BCUT2D eigenvalue weighted by atomic mass is 9.96. The number of rotatable bonds is 6. The summed E-state index contributed by atoms with van der Waals surface area (Å²) in [5, 5.41) is 0.669. The lowest BCUT2D eigenvalue weighted by molar-refractivity contribution is 0.0987. The molecule has 6 heteroatoms. The van der Waals surface area contributed by atoms with Gasteiger partial charge in [0.15, 0.2) is 5.78 Å². The molecule has 1 saturated carbocycles. The molecule has 1 fully saturated rings. The van der Waals surface area contributed by atoms with E-state index in [1.54, 1.807) is 12.4 Å². The molecule has 0 spiro atoms. The summed E-state index contributed by atoms with van der Waals surface area (Å²) in [6.07, 6.45) is 9.94. The second-order valence-corrected chi connectivity index (χ2v) is 7.00. The third-order valence-corrected chi connectivity index (χ3v) is 4.86. The Morgan fingerprint density at radius 1 is 1.11 bits per heavy atom. The van der Waals surface area contributed by atoms with Crippen LogP contribution < -0.4 is 4.74 Å². The zero-order valence-corrected chi connectivity index (χ0v) is 15.4. The molecule has 2 heterocycles. The molecule has 0 amide bonds. The van der Waals surface area contributed by atoms with Crippen LogP contribution >= 0.6 is 11.6 Å². The van der Waals surface area contributed by atoms with Gasteiger partial charge in [0.05, 0.1) is 6.20 Å². The number of halogens is 1. The van der Waals surface area contributed by atoms with Crippen molar-refractivity contribution in [2.24, 2.45) is 0 Å². The maximum absolute atomic E-state index is 12.4. The minimum absolute atomic E-state index is 0.0976. The van der Waals surface area contributed by atoms with Gasteiger partial charge in [-0.15, -0.1) is 0 Å². The van der Waals surface area contributed by atoms with Crippen molar-refractivity contribution in [3.8, 4) is 17.0 Å². The fraction of sp³-hybridized carbons (Fsp3) is 0.238. The van der Waals surface area contributed by atoms with E-state index in [9.17, 15) is 4.79 Å². The molecule has 0 unspecified atom stereocenters. The number of carbonyl (C=O) groups is 1. The predicted octanol–water partition coefficient (Wildman–Crippen LogP) is 4.55. The van der Waals surface area contributed by atoms with Gasteiger partial charge in [0.1, 0.15) is 11.8 Å². The van der Waals surface area contributed by atoms with Crippen LogP contribution in [0.3, 0.4) is 0 Å². The highest BCUT2D eigenvalue weighted by molar-refractivity contribution is 6.30. The van der Waals surface area contributed by atoms with Gasteiger partial charge in [0, 0.05) is 35.6 Å². The summed E-state index contributed by atoms with van der Waals surface area (Å²) in [7, 11) is 0. The maximum Gasteiger partial charge on any atom is 0.221 e. The average molecular weight is 380 g/mol. The maximum atomic E-state index is 12.4. The molecule has 5 nitrogen and oxygen atoms in total. The first-order chi connectivity index (χ1) is 13.2. The highest BCUT2D eigenvalue weighted by atomic mass is 35.5. The van der Waals surface area contributed by atoms with Crippen LogP contribution in [-0.4, -0.2) is 26.8 Å². The zero-order valence-electron chi connectivity index (χ0n) is 14.6. The SMILES string of the molecule is O=C(Cc1cnc(OC2CCC2)c(-c2ccc(Cl)cc2)c1)c1cnccn1. The molecule has 4 rings (SSSR count). The Morgan fingerprint density at radius 3 is 2.59 bits per heavy atom. The molecule has 0 radical (unpaired) electrons. The quantitative estimate of drug-likeness (QED) is 0.588. The second-order valence-electron chi connectivity index (χ2n) is 6.56. The highest BCUT2D eigenvalue weighted by Crippen LogP contribution is 2.33. The second kappa shape index (κ2) is 7.84. The van der Waals surface area contributed by atoms with Crippen molar-refractivity contribution in [1.82, 2.24) is 15.0 Å². The number of Topliss-reactive ketones (excluding diaryl/α,β-unsaturated/α-hetero) is 1. The van der Waals surface area contributed by atoms with Crippen molar-refractivity contribution in [2.45, 2.75) is 31.8 Å². The first-order valence-corrected chi connectivity index (χ1v) is 9.27. The molecule has 0 bridgehead atoms. The van der Waals surface area contributed by atoms with E-state index in [2.05, 4.69) is 15.0 Å². The Hall–Kier alpha value is -2.79. The van der Waals surface area contributed by atoms with E-state index in [1.807, 2.05) is 30.3 Å². The summed E-state index contributed by atoms with van der Waals surface area (Å²) >= 11 is 6.02. The summed E-state index contributed by atoms with van der Waals surface area (Å²) in [5.41, 5.74) is 2.97. The molecule has 27 heavy (non-hydrogen) atoms. The summed E-state index contributed by atoms with van der Waals surface area (Å²) in [6.45, 7) is 0. The van der Waals surface area contributed by atoms with Crippen molar-refractivity contribution in [3.05, 3.63) is 71.4 Å². The number of ether oxygens (including phenoxy) is 1. The summed E-state index contributed by atoms with van der Waals surface area (Å²) in [6, 6.07) is 9.49.